The highest BCUT2D eigenvalue weighted by molar-refractivity contribution is 5.82. The molecule has 0 aliphatic rings. The predicted molar refractivity (Wildman–Crippen MR) is 90.9 cm³/mol. The van der Waals surface area contributed by atoms with Crippen LogP contribution in [0, 0.1) is 25.5 Å². The Bertz CT molecular complexity index is 1100. The van der Waals surface area contributed by atoms with E-state index in [-0.39, 0.29) is 17.2 Å². The van der Waals surface area contributed by atoms with Crippen LogP contribution in [0.1, 0.15) is 11.4 Å². The summed E-state index contributed by atoms with van der Waals surface area (Å²) in [6, 6.07) is 5.38. The first kappa shape index (κ1) is 16.1. The molecule has 5 nitrogen and oxygen atoms in total. The maximum atomic E-state index is 14.7. The van der Waals surface area contributed by atoms with Crippen molar-refractivity contribution in [2.45, 2.75) is 13.8 Å². The number of furan rings is 1. The van der Waals surface area contributed by atoms with Crippen LogP contribution >= 0.6 is 0 Å². The van der Waals surface area contributed by atoms with E-state index in [2.05, 4.69) is 15.0 Å². The molecule has 0 atom stereocenters. The van der Waals surface area contributed by atoms with Crippen LogP contribution < -0.4 is 4.74 Å². The monoisotopic (exact) mass is 353 g/mol. The number of rotatable bonds is 3. The zero-order valence-corrected chi connectivity index (χ0v) is 14.0. The molecule has 0 aliphatic carbocycles. The minimum absolute atomic E-state index is 0.0833. The minimum atomic E-state index is -0.716. The van der Waals surface area contributed by atoms with Crippen LogP contribution in [0.15, 0.2) is 47.5 Å². The number of hydrogen-bond donors (Lipinski definition) is 0. The Kier molecular flexibility index (Phi) is 3.84. The summed E-state index contributed by atoms with van der Waals surface area (Å²) in [7, 11) is 0. The van der Waals surface area contributed by atoms with Gasteiger partial charge < -0.3 is 9.15 Å². The van der Waals surface area contributed by atoms with Crippen LogP contribution in [0.4, 0.5) is 8.78 Å². The summed E-state index contributed by atoms with van der Waals surface area (Å²) in [5, 5.41) is 0.569. The Morgan fingerprint density at radius 1 is 0.962 bits per heavy atom. The van der Waals surface area contributed by atoms with E-state index >= 15 is 0 Å². The number of ether oxygens (including phenoxy) is 1. The van der Waals surface area contributed by atoms with Gasteiger partial charge in [0.05, 0.1) is 11.6 Å². The van der Waals surface area contributed by atoms with Gasteiger partial charge in [0, 0.05) is 34.8 Å². The third-order valence-corrected chi connectivity index (χ3v) is 4.07. The first-order valence-corrected chi connectivity index (χ1v) is 7.82. The van der Waals surface area contributed by atoms with Crippen LogP contribution in [0.3, 0.4) is 0 Å². The third-order valence-electron chi connectivity index (χ3n) is 4.07. The SMILES string of the molecule is Cc1ncnc(C)c1-c1cc(F)c(Oc2nccc3occc23)cc1F. The summed E-state index contributed by atoms with van der Waals surface area (Å²) in [5.74, 6) is -1.48. The van der Waals surface area contributed by atoms with Crippen LogP contribution in [0.5, 0.6) is 11.6 Å². The van der Waals surface area contributed by atoms with Gasteiger partial charge in [0.2, 0.25) is 5.88 Å². The predicted octanol–water partition coefficient (Wildman–Crippen LogP) is 4.97. The lowest BCUT2D eigenvalue weighted by Crippen LogP contribution is -1.99. The minimum Gasteiger partial charge on any atom is -0.464 e. The Balaban J connectivity index is 1.78. The number of fused-ring (bicyclic) bond motifs is 1. The molecule has 0 radical (unpaired) electrons. The summed E-state index contributed by atoms with van der Waals surface area (Å²) in [6.07, 6.45) is 4.33. The first-order valence-electron chi connectivity index (χ1n) is 7.82. The van der Waals surface area contributed by atoms with Gasteiger partial charge in [0.1, 0.15) is 17.7 Å². The van der Waals surface area contributed by atoms with Crippen LogP contribution in [-0.4, -0.2) is 15.0 Å². The average molecular weight is 353 g/mol. The van der Waals surface area contributed by atoms with E-state index in [4.69, 9.17) is 9.15 Å². The molecule has 0 N–H and O–H groups in total. The second kappa shape index (κ2) is 6.18. The van der Waals surface area contributed by atoms with Gasteiger partial charge in [-0.25, -0.2) is 23.7 Å². The van der Waals surface area contributed by atoms with Crippen molar-refractivity contribution in [2.24, 2.45) is 0 Å². The number of hydrogen-bond acceptors (Lipinski definition) is 5. The molecule has 0 spiro atoms. The van der Waals surface area contributed by atoms with Crippen molar-refractivity contribution in [2.75, 3.05) is 0 Å². The molecule has 4 aromatic rings. The van der Waals surface area contributed by atoms with Crippen molar-refractivity contribution in [3.05, 3.63) is 66.1 Å². The molecule has 1 aromatic carbocycles. The average Bonchev–Trinajstić information content (AvgIpc) is 3.08. The molecular formula is C19H13F2N3O2. The zero-order chi connectivity index (χ0) is 18.3. The Labute approximate surface area is 147 Å². The second-order valence-corrected chi connectivity index (χ2v) is 5.73. The fourth-order valence-electron chi connectivity index (χ4n) is 2.84. The molecule has 0 saturated heterocycles. The molecule has 26 heavy (non-hydrogen) atoms. The molecule has 130 valence electrons. The van der Waals surface area contributed by atoms with Crippen molar-refractivity contribution >= 4 is 11.0 Å². The first-order chi connectivity index (χ1) is 12.5. The molecule has 3 heterocycles. The van der Waals surface area contributed by atoms with Gasteiger partial charge in [-0.2, -0.15) is 0 Å². The molecule has 0 aliphatic heterocycles. The Morgan fingerprint density at radius 3 is 2.50 bits per heavy atom. The smallest absolute Gasteiger partial charge is 0.230 e. The van der Waals surface area contributed by atoms with Crippen molar-refractivity contribution in [3.8, 4) is 22.8 Å². The summed E-state index contributed by atoms with van der Waals surface area (Å²) in [6.45, 7) is 3.44. The van der Waals surface area contributed by atoms with E-state index in [0.717, 1.165) is 12.1 Å². The van der Waals surface area contributed by atoms with Gasteiger partial charge in [0.25, 0.3) is 0 Å². The van der Waals surface area contributed by atoms with E-state index in [9.17, 15) is 8.78 Å². The van der Waals surface area contributed by atoms with Gasteiger partial charge in [-0.15, -0.1) is 0 Å². The van der Waals surface area contributed by atoms with Gasteiger partial charge in [-0.1, -0.05) is 0 Å². The second-order valence-electron chi connectivity index (χ2n) is 5.73. The van der Waals surface area contributed by atoms with Crippen LogP contribution in [0.2, 0.25) is 0 Å². The highest BCUT2D eigenvalue weighted by Crippen LogP contribution is 2.35. The summed E-state index contributed by atoms with van der Waals surface area (Å²) < 4.78 is 40.0. The maximum absolute atomic E-state index is 14.7. The van der Waals surface area contributed by atoms with Crippen molar-refractivity contribution in [3.63, 3.8) is 0 Å². The molecular weight excluding hydrogens is 340 g/mol. The molecule has 0 amide bonds. The quantitative estimate of drug-likeness (QED) is 0.520. The molecule has 0 saturated carbocycles. The van der Waals surface area contributed by atoms with Crippen LogP contribution in [0.25, 0.3) is 22.1 Å². The lowest BCUT2D eigenvalue weighted by atomic mass is 10.0. The molecule has 0 unspecified atom stereocenters. The fraction of sp³-hybridized carbons (Fsp3) is 0.105. The summed E-state index contributed by atoms with van der Waals surface area (Å²) >= 11 is 0. The number of aryl methyl sites for hydroxylation is 2. The molecule has 0 bridgehead atoms. The summed E-state index contributed by atoms with van der Waals surface area (Å²) in [4.78, 5) is 12.2. The molecule has 4 rings (SSSR count). The summed E-state index contributed by atoms with van der Waals surface area (Å²) in [5.41, 5.74) is 2.22. The standard InChI is InChI=1S/C19H13F2N3O2/c1-10-18(11(2)24-9-23-10)13-7-15(21)17(8-14(13)20)26-19-12-4-6-25-16(12)3-5-22-19/h3-9H,1-2H3. The normalized spacial score (nSPS) is 11.1. The van der Waals surface area contributed by atoms with Gasteiger partial charge in [0.15, 0.2) is 11.6 Å². The van der Waals surface area contributed by atoms with Crippen molar-refractivity contribution in [1.82, 2.24) is 15.0 Å². The Morgan fingerprint density at radius 2 is 1.73 bits per heavy atom. The van der Waals surface area contributed by atoms with Gasteiger partial charge >= 0.3 is 0 Å². The van der Waals surface area contributed by atoms with E-state index in [0.29, 0.717) is 27.9 Å². The van der Waals surface area contributed by atoms with Gasteiger partial charge in [-0.3, -0.25) is 0 Å². The number of nitrogens with zero attached hydrogens (tertiary/aromatic N) is 3. The van der Waals surface area contributed by atoms with E-state index in [1.54, 1.807) is 26.0 Å². The van der Waals surface area contributed by atoms with E-state index < -0.39 is 11.6 Å². The van der Waals surface area contributed by atoms with E-state index in [1.165, 1.54) is 18.8 Å². The molecule has 0 fully saturated rings. The van der Waals surface area contributed by atoms with Crippen LogP contribution in [-0.2, 0) is 0 Å². The third kappa shape index (κ3) is 2.67. The lowest BCUT2D eigenvalue weighted by Gasteiger charge is -2.12. The zero-order valence-electron chi connectivity index (χ0n) is 14.0. The molecule has 3 aromatic heterocycles. The van der Waals surface area contributed by atoms with Gasteiger partial charge in [-0.05, 0) is 32.0 Å². The van der Waals surface area contributed by atoms with Crippen molar-refractivity contribution in [1.29, 1.82) is 0 Å². The number of aromatic nitrogens is 3. The van der Waals surface area contributed by atoms with Crippen molar-refractivity contribution < 1.29 is 17.9 Å². The van der Waals surface area contributed by atoms with E-state index in [1.807, 2.05) is 0 Å². The topological polar surface area (TPSA) is 61.0 Å². The molecule has 7 heteroatoms. The highest BCUT2D eigenvalue weighted by Gasteiger charge is 2.18. The lowest BCUT2D eigenvalue weighted by molar-refractivity contribution is 0.427. The highest BCUT2D eigenvalue weighted by atomic mass is 19.1. The number of benzene rings is 1. The fourth-order valence-corrected chi connectivity index (χ4v) is 2.84. The number of pyridine rings is 1. The number of halogens is 2. The largest absolute Gasteiger partial charge is 0.464 e. The maximum Gasteiger partial charge on any atom is 0.230 e. The Hall–Kier alpha value is -3.35.